The zero-order chi connectivity index (χ0) is 20.5. The van der Waals surface area contributed by atoms with Crippen LogP contribution in [0.15, 0.2) is 99.6 Å². The van der Waals surface area contributed by atoms with Gasteiger partial charge in [0, 0.05) is 21.1 Å². The highest BCUT2D eigenvalue weighted by Crippen LogP contribution is 2.69. The number of hydrogen-bond acceptors (Lipinski definition) is 2. The van der Waals surface area contributed by atoms with Gasteiger partial charge in [-0.1, -0.05) is 75.2 Å². The van der Waals surface area contributed by atoms with E-state index in [1.54, 1.807) is 0 Å². The van der Waals surface area contributed by atoms with Crippen molar-refractivity contribution >= 4 is 16.3 Å². The van der Waals surface area contributed by atoms with E-state index in [2.05, 4.69) is 55.5 Å². The number of rotatable bonds is 9. The zero-order valence-corrected chi connectivity index (χ0v) is 18.2. The summed E-state index contributed by atoms with van der Waals surface area (Å²) >= 11 is 0. The van der Waals surface area contributed by atoms with Crippen molar-refractivity contribution in [2.45, 2.75) is 60.6 Å². The predicted octanol–water partition coefficient (Wildman–Crippen LogP) is 7.57. The Labute approximate surface area is 176 Å². The number of carbonyl (C=O) groups excluding carboxylic acids is 1. The molecule has 0 atom stereocenters. The first-order chi connectivity index (χ1) is 14.2. The van der Waals surface area contributed by atoms with Crippen LogP contribution >= 0.6 is 10.3 Å². The van der Waals surface area contributed by atoms with Crippen molar-refractivity contribution in [2.75, 3.05) is 0 Å². The number of aryl methyl sites for hydroxylation is 1. The number of benzene rings is 3. The van der Waals surface area contributed by atoms with Crippen molar-refractivity contribution in [1.29, 1.82) is 0 Å². The molecule has 0 N–H and O–H groups in total. The molecule has 0 aliphatic heterocycles. The lowest BCUT2D eigenvalue weighted by molar-refractivity contribution is -0.133. The maximum absolute atomic E-state index is 12.6. The van der Waals surface area contributed by atoms with Gasteiger partial charge in [0.15, 0.2) is 0 Å². The van der Waals surface area contributed by atoms with Gasteiger partial charge >= 0.3 is 5.97 Å². The Hall–Kier alpha value is -2.52. The molecule has 3 heteroatoms. The third-order valence-corrected chi connectivity index (χ3v) is 8.23. The van der Waals surface area contributed by atoms with Gasteiger partial charge < -0.3 is 4.18 Å². The van der Waals surface area contributed by atoms with Gasteiger partial charge in [0.25, 0.3) is 0 Å². The molecule has 0 heterocycles. The van der Waals surface area contributed by atoms with Crippen molar-refractivity contribution in [3.8, 4) is 0 Å². The monoisotopic (exact) mass is 406 g/mol. The van der Waals surface area contributed by atoms with E-state index in [-0.39, 0.29) is 5.97 Å². The fourth-order valence-corrected chi connectivity index (χ4v) is 6.50. The van der Waals surface area contributed by atoms with E-state index in [0.29, 0.717) is 6.42 Å². The summed E-state index contributed by atoms with van der Waals surface area (Å²) in [5.74, 6) is -0.181. The Balaban J connectivity index is 2.12. The summed E-state index contributed by atoms with van der Waals surface area (Å²) in [6.07, 6.45) is 5.11. The quantitative estimate of drug-likeness (QED) is 0.343. The normalized spacial score (nSPS) is 11.8. The van der Waals surface area contributed by atoms with Crippen LogP contribution in [-0.2, 0) is 15.4 Å². The topological polar surface area (TPSA) is 26.3 Å². The molecule has 0 fully saturated rings. The van der Waals surface area contributed by atoms with Crippen LogP contribution in [0.4, 0.5) is 0 Å². The molecule has 0 saturated carbocycles. The number of carbonyl (C=O) groups is 1. The van der Waals surface area contributed by atoms with Crippen molar-refractivity contribution in [1.82, 2.24) is 0 Å². The van der Waals surface area contributed by atoms with Gasteiger partial charge in [0.05, 0.1) is 0 Å². The first kappa shape index (κ1) is 21.2. The van der Waals surface area contributed by atoms with Gasteiger partial charge in [-0.15, -0.1) is 0 Å². The molecule has 3 aromatic rings. The van der Waals surface area contributed by atoms with Gasteiger partial charge in [-0.3, -0.25) is 4.79 Å². The number of unbranched alkanes of at least 4 members (excludes halogenated alkanes) is 2. The summed E-state index contributed by atoms with van der Waals surface area (Å²) in [5, 5.41) is 0. The van der Waals surface area contributed by atoms with Crippen LogP contribution in [0, 0.1) is 0 Å². The first-order valence-electron chi connectivity index (χ1n) is 10.5. The van der Waals surface area contributed by atoms with Crippen molar-refractivity contribution < 1.29 is 8.98 Å². The third-order valence-electron chi connectivity index (χ3n) is 4.98. The highest BCUT2D eigenvalue weighted by atomic mass is 32.3. The minimum absolute atomic E-state index is 0.181. The standard InChI is InChI=1S/C26H30O2S/c1-3-5-8-13-22-18-20-25(21-19-22)29(28-26(27)4-2,23-14-9-6-10-15-23)24-16-11-7-12-17-24/h6-7,9-12,14-21H,3-5,8,13H2,1-2H3. The molecule has 0 aromatic heterocycles. The molecular weight excluding hydrogens is 376 g/mol. The number of hydrogen-bond donors (Lipinski definition) is 0. The Morgan fingerprint density at radius 3 is 1.72 bits per heavy atom. The summed E-state index contributed by atoms with van der Waals surface area (Å²) in [6.45, 7) is 4.07. The highest BCUT2D eigenvalue weighted by Gasteiger charge is 2.35. The first-order valence-corrected chi connectivity index (χ1v) is 12.0. The minimum atomic E-state index is -2.14. The van der Waals surface area contributed by atoms with Crippen LogP contribution in [0.2, 0.25) is 0 Å². The molecule has 0 amide bonds. The van der Waals surface area contributed by atoms with E-state index >= 15 is 0 Å². The SMILES string of the molecule is CCCCCc1ccc(S(OC(=O)CC)(c2ccccc2)c2ccccc2)cc1. The molecule has 0 bridgehead atoms. The maximum Gasteiger partial charge on any atom is 0.316 e. The second-order valence-corrected chi connectivity index (χ2v) is 9.79. The molecule has 0 aliphatic carbocycles. The average molecular weight is 407 g/mol. The molecule has 0 radical (unpaired) electrons. The van der Waals surface area contributed by atoms with Gasteiger partial charge in [-0.25, -0.2) is 0 Å². The Kier molecular flexibility index (Phi) is 7.54. The third kappa shape index (κ3) is 4.91. The zero-order valence-electron chi connectivity index (χ0n) is 17.3. The van der Waals surface area contributed by atoms with E-state index < -0.39 is 10.3 Å². The highest BCUT2D eigenvalue weighted by molar-refractivity contribution is 8.30. The molecule has 152 valence electrons. The molecule has 2 nitrogen and oxygen atoms in total. The van der Waals surface area contributed by atoms with Crippen LogP contribution < -0.4 is 0 Å². The lowest BCUT2D eigenvalue weighted by atomic mass is 10.1. The van der Waals surface area contributed by atoms with Crippen LogP contribution in [0.1, 0.15) is 45.1 Å². The maximum atomic E-state index is 12.6. The molecule has 0 unspecified atom stereocenters. The molecule has 0 spiro atoms. The average Bonchev–Trinajstić information content (AvgIpc) is 2.79. The summed E-state index contributed by atoms with van der Waals surface area (Å²) < 4.78 is 6.33. The van der Waals surface area contributed by atoms with Gasteiger partial charge in [-0.2, -0.15) is 0 Å². The summed E-state index contributed by atoms with van der Waals surface area (Å²) in [7, 11) is -2.14. The lowest BCUT2D eigenvalue weighted by Gasteiger charge is -2.39. The van der Waals surface area contributed by atoms with Gasteiger partial charge in [-0.05, 0) is 65.1 Å². The smallest absolute Gasteiger partial charge is 0.316 e. The van der Waals surface area contributed by atoms with Crippen molar-refractivity contribution in [3.63, 3.8) is 0 Å². The van der Waals surface area contributed by atoms with E-state index in [4.69, 9.17) is 4.18 Å². The summed E-state index contributed by atoms with van der Waals surface area (Å²) in [6, 6.07) is 29.0. The fraction of sp³-hybridized carbons (Fsp3) is 0.269. The Morgan fingerprint density at radius 1 is 0.724 bits per heavy atom. The van der Waals surface area contributed by atoms with E-state index in [9.17, 15) is 4.79 Å². The second-order valence-electron chi connectivity index (χ2n) is 7.09. The fourth-order valence-electron chi connectivity index (χ4n) is 3.40. The predicted molar refractivity (Wildman–Crippen MR) is 121 cm³/mol. The lowest BCUT2D eigenvalue weighted by Crippen LogP contribution is -2.13. The largest absolute Gasteiger partial charge is 0.402 e. The molecule has 29 heavy (non-hydrogen) atoms. The Bertz CT molecular complexity index is 850. The van der Waals surface area contributed by atoms with Crippen LogP contribution in [0.3, 0.4) is 0 Å². The van der Waals surface area contributed by atoms with Gasteiger partial charge in [0.1, 0.15) is 0 Å². The van der Waals surface area contributed by atoms with Crippen LogP contribution in [0.5, 0.6) is 0 Å². The summed E-state index contributed by atoms with van der Waals surface area (Å²) in [5.41, 5.74) is 1.33. The second kappa shape index (κ2) is 10.3. The molecule has 3 aromatic carbocycles. The molecule has 0 aliphatic rings. The van der Waals surface area contributed by atoms with Crippen LogP contribution in [0.25, 0.3) is 0 Å². The van der Waals surface area contributed by atoms with Crippen molar-refractivity contribution in [2.24, 2.45) is 0 Å². The minimum Gasteiger partial charge on any atom is -0.402 e. The van der Waals surface area contributed by atoms with E-state index in [1.165, 1.54) is 24.8 Å². The van der Waals surface area contributed by atoms with Crippen LogP contribution in [-0.4, -0.2) is 5.97 Å². The van der Waals surface area contributed by atoms with E-state index in [1.807, 2.05) is 43.3 Å². The molecular formula is C26H30O2S. The van der Waals surface area contributed by atoms with E-state index in [0.717, 1.165) is 21.1 Å². The Morgan fingerprint density at radius 2 is 1.24 bits per heavy atom. The molecule has 0 saturated heterocycles. The summed E-state index contributed by atoms with van der Waals surface area (Å²) in [4.78, 5) is 15.7. The van der Waals surface area contributed by atoms with Crippen molar-refractivity contribution in [3.05, 3.63) is 90.5 Å². The van der Waals surface area contributed by atoms with Gasteiger partial charge in [0.2, 0.25) is 0 Å². The molecule has 3 rings (SSSR count).